The Hall–Kier alpha value is -2.01. The van der Waals surface area contributed by atoms with Gasteiger partial charge in [-0.05, 0) is 31.2 Å². The van der Waals surface area contributed by atoms with Gasteiger partial charge in [0.05, 0.1) is 11.2 Å². The number of thiazole rings is 1. The molecular weight excluding hydrogens is 249 g/mol. The molecule has 0 aliphatic heterocycles. The van der Waals surface area contributed by atoms with Gasteiger partial charge in [0.2, 0.25) is 0 Å². The molecule has 2 aromatic heterocycles. The summed E-state index contributed by atoms with van der Waals surface area (Å²) >= 11 is 1.37. The fourth-order valence-corrected chi connectivity index (χ4v) is 2.52. The first-order valence-corrected chi connectivity index (χ1v) is 6.30. The maximum atomic E-state index is 13.4. The van der Waals surface area contributed by atoms with E-state index in [1.165, 1.54) is 23.5 Å². The fourth-order valence-electron chi connectivity index (χ4n) is 1.95. The summed E-state index contributed by atoms with van der Waals surface area (Å²) in [5.41, 5.74) is 8.91. The molecule has 0 aliphatic carbocycles. The first-order valence-electron chi connectivity index (χ1n) is 5.42. The Bertz CT molecular complexity index is 736. The van der Waals surface area contributed by atoms with E-state index in [9.17, 15) is 4.39 Å². The number of hydrogen-bond donors (Lipinski definition) is 1. The number of aromatic nitrogens is 2. The van der Waals surface area contributed by atoms with Crippen LogP contribution in [0.25, 0.3) is 22.2 Å². The Morgan fingerprint density at radius 1 is 1.22 bits per heavy atom. The number of fused-ring (bicyclic) bond motifs is 1. The van der Waals surface area contributed by atoms with Crippen molar-refractivity contribution < 1.29 is 4.39 Å². The Morgan fingerprint density at radius 3 is 2.78 bits per heavy atom. The van der Waals surface area contributed by atoms with Crippen LogP contribution in [0.15, 0.2) is 29.6 Å². The van der Waals surface area contributed by atoms with E-state index in [2.05, 4.69) is 9.97 Å². The zero-order chi connectivity index (χ0) is 12.7. The summed E-state index contributed by atoms with van der Waals surface area (Å²) < 4.78 is 13.4. The molecule has 3 aromatic rings. The molecular formula is C13H10FN3S. The summed E-state index contributed by atoms with van der Waals surface area (Å²) in [6.45, 7) is 1.90. The highest BCUT2D eigenvalue weighted by atomic mass is 32.1. The maximum absolute atomic E-state index is 13.4. The van der Waals surface area contributed by atoms with Crippen LogP contribution in [0.1, 0.15) is 5.69 Å². The second-order valence-corrected chi connectivity index (χ2v) is 4.93. The maximum Gasteiger partial charge on any atom is 0.180 e. The van der Waals surface area contributed by atoms with Gasteiger partial charge < -0.3 is 5.73 Å². The number of rotatable bonds is 1. The Kier molecular flexibility index (Phi) is 2.48. The number of benzene rings is 1. The Balaban J connectivity index is 2.36. The van der Waals surface area contributed by atoms with Crippen molar-refractivity contribution in [2.24, 2.45) is 0 Å². The predicted molar refractivity (Wildman–Crippen MR) is 72.0 cm³/mol. The lowest BCUT2D eigenvalue weighted by molar-refractivity contribution is 0.629. The average Bonchev–Trinajstić information content (AvgIpc) is 2.75. The minimum atomic E-state index is -0.280. The lowest BCUT2D eigenvalue weighted by atomic mass is 10.1. The molecule has 2 N–H and O–H groups in total. The predicted octanol–water partition coefficient (Wildman–Crippen LogP) is 3.39. The third-order valence-electron chi connectivity index (χ3n) is 2.70. The summed E-state index contributed by atoms with van der Waals surface area (Å²) in [5, 5.41) is 3.13. The van der Waals surface area contributed by atoms with Gasteiger partial charge in [-0.1, -0.05) is 0 Å². The van der Waals surface area contributed by atoms with Crippen molar-refractivity contribution in [1.82, 2.24) is 9.97 Å². The van der Waals surface area contributed by atoms with E-state index in [4.69, 9.17) is 5.73 Å². The standard InChI is InChI=1S/C13H10FN3S/c1-7-4-9(12-6-18-13(15)17-12)10-5-8(14)2-3-11(10)16-7/h2-6H,1H3,(H2,15,17). The van der Waals surface area contributed by atoms with Crippen LogP contribution in [0.5, 0.6) is 0 Å². The van der Waals surface area contributed by atoms with Gasteiger partial charge in [0.1, 0.15) is 5.82 Å². The number of hydrogen-bond acceptors (Lipinski definition) is 4. The van der Waals surface area contributed by atoms with Crippen molar-refractivity contribution in [3.8, 4) is 11.3 Å². The quantitative estimate of drug-likeness (QED) is 0.728. The van der Waals surface area contributed by atoms with Gasteiger partial charge in [-0.3, -0.25) is 4.98 Å². The number of nitrogen functional groups attached to an aromatic ring is 1. The van der Waals surface area contributed by atoms with Crippen molar-refractivity contribution in [2.45, 2.75) is 6.92 Å². The molecule has 1 aromatic carbocycles. The Morgan fingerprint density at radius 2 is 2.06 bits per heavy atom. The molecule has 0 unspecified atom stereocenters. The van der Waals surface area contributed by atoms with E-state index < -0.39 is 0 Å². The molecule has 0 saturated carbocycles. The lowest BCUT2D eigenvalue weighted by Crippen LogP contribution is -1.90. The number of nitrogens with zero attached hydrogens (tertiary/aromatic N) is 2. The number of pyridine rings is 1. The smallest absolute Gasteiger partial charge is 0.180 e. The molecule has 0 saturated heterocycles. The Labute approximate surface area is 107 Å². The lowest BCUT2D eigenvalue weighted by Gasteiger charge is -2.05. The zero-order valence-corrected chi connectivity index (χ0v) is 10.5. The molecule has 0 spiro atoms. The molecule has 5 heteroatoms. The normalized spacial score (nSPS) is 11.0. The van der Waals surface area contributed by atoms with Crippen LogP contribution < -0.4 is 5.73 Å². The molecule has 0 radical (unpaired) electrons. The summed E-state index contributed by atoms with van der Waals surface area (Å²) in [4.78, 5) is 8.64. The molecule has 0 fully saturated rings. The topological polar surface area (TPSA) is 51.8 Å². The number of halogens is 1. The van der Waals surface area contributed by atoms with E-state index in [1.54, 1.807) is 6.07 Å². The van der Waals surface area contributed by atoms with Crippen LogP contribution in [-0.4, -0.2) is 9.97 Å². The van der Waals surface area contributed by atoms with Crippen LogP contribution in [0.3, 0.4) is 0 Å². The average molecular weight is 259 g/mol. The van der Waals surface area contributed by atoms with Crippen molar-refractivity contribution >= 4 is 27.4 Å². The van der Waals surface area contributed by atoms with E-state index in [0.29, 0.717) is 5.13 Å². The SMILES string of the molecule is Cc1cc(-c2csc(N)n2)c2cc(F)ccc2n1. The highest BCUT2D eigenvalue weighted by Gasteiger charge is 2.10. The van der Waals surface area contributed by atoms with Crippen LogP contribution >= 0.6 is 11.3 Å². The summed E-state index contributed by atoms with van der Waals surface area (Å²) in [7, 11) is 0. The molecule has 18 heavy (non-hydrogen) atoms. The van der Waals surface area contributed by atoms with Crippen LogP contribution in [0.4, 0.5) is 9.52 Å². The van der Waals surface area contributed by atoms with Gasteiger partial charge in [0.25, 0.3) is 0 Å². The first kappa shape index (κ1) is 11.1. The molecule has 3 rings (SSSR count). The van der Waals surface area contributed by atoms with Crippen molar-refractivity contribution in [1.29, 1.82) is 0 Å². The van der Waals surface area contributed by atoms with Gasteiger partial charge in [-0.15, -0.1) is 11.3 Å². The third-order valence-corrected chi connectivity index (χ3v) is 3.37. The van der Waals surface area contributed by atoms with Gasteiger partial charge >= 0.3 is 0 Å². The van der Waals surface area contributed by atoms with Crippen LogP contribution in [0.2, 0.25) is 0 Å². The molecule has 2 heterocycles. The molecule has 0 bridgehead atoms. The van der Waals surface area contributed by atoms with Crippen LogP contribution in [0, 0.1) is 12.7 Å². The molecule has 3 nitrogen and oxygen atoms in total. The van der Waals surface area contributed by atoms with Gasteiger partial charge in [0, 0.05) is 22.0 Å². The van der Waals surface area contributed by atoms with E-state index >= 15 is 0 Å². The molecule has 0 aliphatic rings. The molecule has 0 atom stereocenters. The second-order valence-electron chi connectivity index (χ2n) is 4.04. The zero-order valence-electron chi connectivity index (χ0n) is 9.64. The van der Waals surface area contributed by atoms with Crippen molar-refractivity contribution in [3.05, 3.63) is 41.2 Å². The minimum Gasteiger partial charge on any atom is -0.375 e. The van der Waals surface area contributed by atoms with E-state index in [1.807, 2.05) is 18.4 Å². The van der Waals surface area contributed by atoms with Gasteiger partial charge in [0.15, 0.2) is 5.13 Å². The van der Waals surface area contributed by atoms with Crippen molar-refractivity contribution in [2.75, 3.05) is 5.73 Å². The number of anilines is 1. The van der Waals surface area contributed by atoms with Gasteiger partial charge in [-0.2, -0.15) is 0 Å². The van der Waals surface area contributed by atoms with Crippen LogP contribution in [-0.2, 0) is 0 Å². The monoisotopic (exact) mass is 259 g/mol. The largest absolute Gasteiger partial charge is 0.375 e. The minimum absolute atomic E-state index is 0.280. The first-order chi connectivity index (χ1) is 8.63. The fraction of sp³-hybridized carbons (Fsp3) is 0.0769. The van der Waals surface area contributed by atoms with E-state index in [-0.39, 0.29) is 5.82 Å². The molecule has 0 amide bonds. The summed E-state index contributed by atoms with van der Waals surface area (Å²) in [6.07, 6.45) is 0. The van der Waals surface area contributed by atoms with Gasteiger partial charge in [-0.25, -0.2) is 9.37 Å². The highest BCUT2D eigenvalue weighted by molar-refractivity contribution is 7.13. The third kappa shape index (κ3) is 1.82. The summed E-state index contributed by atoms with van der Waals surface area (Å²) in [6, 6.07) is 6.47. The molecule has 90 valence electrons. The second kappa shape index (κ2) is 4.03. The highest BCUT2D eigenvalue weighted by Crippen LogP contribution is 2.30. The number of nitrogens with two attached hydrogens (primary N) is 1. The van der Waals surface area contributed by atoms with Crippen molar-refractivity contribution in [3.63, 3.8) is 0 Å². The number of aryl methyl sites for hydroxylation is 1. The van der Waals surface area contributed by atoms with E-state index in [0.717, 1.165) is 27.9 Å². The summed E-state index contributed by atoms with van der Waals surface area (Å²) in [5.74, 6) is -0.280.